The first-order valence-electron chi connectivity index (χ1n) is 9.85. The maximum Gasteiger partial charge on any atom is 0.233 e. The Morgan fingerprint density at radius 3 is 2.71 bits per heavy atom. The van der Waals surface area contributed by atoms with Crippen LogP contribution >= 0.6 is 11.6 Å². The van der Waals surface area contributed by atoms with E-state index in [9.17, 15) is 4.79 Å². The second kappa shape index (κ2) is 11.8. The van der Waals surface area contributed by atoms with E-state index >= 15 is 0 Å². The number of piperidine rings is 1. The zero-order chi connectivity index (χ0) is 20.4. The number of aliphatic imine (C=N–C) groups is 1. The zero-order valence-electron chi connectivity index (χ0n) is 17.1. The van der Waals surface area contributed by atoms with Crippen LogP contribution < -0.4 is 20.7 Å². The molecule has 1 aliphatic rings. The minimum atomic E-state index is 0.0681. The van der Waals surface area contributed by atoms with Gasteiger partial charge in [-0.1, -0.05) is 17.7 Å². The van der Waals surface area contributed by atoms with Crippen LogP contribution in [0.3, 0.4) is 0 Å². The van der Waals surface area contributed by atoms with Gasteiger partial charge in [-0.15, -0.1) is 0 Å². The zero-order valence-corrected chi connectivity index (χ0v) is 17.8. The SMILES string of the molecule is CCNC(=NCCc1ccc(OC)cc1Cl)NC1CCN(CC(=O)NC)CC1. The van der Waals surface area contributed by atoms with E-state index in [4.69, 9.17) is 21.3 Å². The molecule has 1 aromatic carbocycles. The summed E-state index contributed by atoms with van der Waals surface area (Å²) >= 11 is 6.31. The molecular weight excluding hydrogens is 378 g/mol. The Balaban J connectivity index is 1.83. The molecule has 1 saturated heterocycles. The summed E-state index contributed by atoms with van der Waals surface area (Å²) in [6.45, 7) is 5.81. The highest BCUT2D eigenvalue weighted by Crippen LogP contribution is 2.22. The van der Waals surface area contributed by atoms with E-state index in [0.29, 0.717) is 24.2 Å². The molecule has 156 valence electrons. The highest BCUT2D eigenvalue weighted by Gasteiger charge is 2.21. The predicted octanol–water partition coefficient (Wildman–Crippen LogP) is 1.66. The number of carbonyl (C=O) groups is 1. The molecule has 0 aromatic heterocycles. The molecule has 0 radical (unpaired) electrons. The van der Waals surface area contributed by atoms with E-state index in [1.54, 1.807) is 14.2 Å². The number of likely N-dealkylation sites (N-methyl/N-ethyl adjacent to an activating group) is 1. The van der Waals surface area contributed by atoms with Crippen molar-refractivity contribution >= 4 is 23.5 Å². The molecule has 0 spiro atoms. The van der Waals surface area contributed by atoms with Crippen LogP contribution in [-0.2, 0) is 11.2 Å². The van der Waals surface area contributed by atoms with Crippen LogP contribution in [0.4, 0.5) is 0 Å². The number of amides is 1. The molecule has 1 fully saturated rings. The van der Waals surface area contributed by atoms with Crippen molar-refractivity contribution in [1.82, 2.24) is 20.9 Å². The van der Waals surface area contributed by atoms with Crippen LogP contribution in [0, 0.1) is 0 Å². The number of guanidine groups is 1. The van der Waals surface area contributed by atoms with Gasteiger partial charge in [0.05, 0.1) is 13.7 Å². The third-order valence-electron chi connectivity index (χ3n) is 4.83. The minimum Gasteiger partial charge on any atom is -0.497 e. The molecule has 3 N–H and O–H groups in total. The maximum atomic E-state index is 11.5. The standard InChI is InChI=1S/C20H32ClN5O2/c1-4-23-20(24-10-7-15-5-6-17(28-3)13-18(15)21)25-16-8-11-26(12-9-16)14-19(27)22-2/h5-6,13,16H,4,7-12,14H2,1-3H3,(H,22,27)(H2,23,24,25). The van der Waals surface area contributed by atoms with Gasteiger partial charge in [-0.3, -0.25) is 14.7 Å². The van der Waals surface area contributed by atoms with E-state index in [-0.39, 0.29) is 5.91 Å². The molecule has 0 saturated carbocycles. The van der Waals surface area contributed by atoms with Gasteiger partial charge in [0.2, 0.25) is 5.91 Å². The van der Waals surface area contributed by atoms with E-state index in [2.05, 4.69) is 27.8 Å². The molecule has 7 nitrogen and oxygen atoms in total. The summed E-state index contributed by atoms with van der Waals surface area (Å²) in [5, 5.41) is 10.2. The van der Waals surface area contributed by atoms with E-state index in [1.165, 1.54) is 0 Å². The summed E-state index contributed by atoms with van der Waals surface area (Å²) in [5.41, 5.74) is 1.06. The molecule has 28 heavy (non-hydrogen) atoms. The largest absolute Gasteiger partial charge is 0.497 e. The number of halogens is 1. The molecule has 0 unspecified atom stereocenters. The Labute approximate surface area is 172 Å². The lowest BCUT2D eigenvalue weighted by Crippen LogP contribution is -2.50. The van der Waals surface area contributed by atoms with Crippen molar-refractivity contribution in [1.29, 1.82) is 0 Å². The predicted molar refractivity (Wildman–Crippen MR) is 114 cm³/mol. The topological polar surface area (TPSA) is 78.0 Å². The fourth-order valence-corrected chi connectivity index (χ4v) is 3.44. The summed E-state index contributed by atoms with van der Waals surface area (Å²) in [4.78, 5) is 18.4. The number of hydrogen-bond acceptors (Lipinski definition) is 4. The van der Waals surface area contributed by atoms with E-state index in [1.807, 2.05) is 18.2 Å². The fourth-order valence-electron chi connectivity index (χ4n) is 3.18. The number of rotatable bonds is 8. The van der Waals surface area contributed by atoms with Crippen LogP contribution in [0.15, 0.2) is 23.2 Å². The van der Waals surface area contributed by atoms with Crippen LogP contribution in [0.25, 0.3) is 0 Å². The number of nitrogens with zero attached hydrogens (tertiary/aromatic N) is 2. The van der Waals surface area contributed by atoms with Gasteiger partial charge in [0, 0.05) is 44.3 Å². The smallest absolute Gasteiger partial charge is 0.233 e. The van der Waals surface area contributed by atoms with Gasteiger partial charge >= 0.3 is 0 Å². The number of likely N-dealkylation sites (tertiary alicyclic amines) is 1. The van der Waals surface area contributed by atoms with Crippen LogP contribution in [0.1, 0.15) is 25.3 Å². The van der Waals surface area contributed by atoms with Crippen molar-refractivity contribution < 1.29 is 9.53 Å². The van der Waals surface area contributed by atoms with E-state index < -0.39 is 0 Å². The molecule has 1 heterocycles. The molecule has 8 heteroatoms. The Bertz CT molecular complexity index is 660. The lowest BCUT2D eigenvalue weighted by atomic mass is 10.1. The van der Waals surface area contributed by atoms with Gasteiger partial charge in [-0.25, -0.2) is 0 Å². The summed E-state index contributed by atoms with van der Waals surface area (Å²) in [7, 11) is 3.31. The van der Waals surface area contributed by atoms with Crippen LogP contribution in [0.2, 0.25) is 5.02 Å². The highest BCUT2D eigenvalue weighted by atomic mass is 35.5. The maximum absolute atomic E-state index is 11.5. The summed E-state index contributed by atoms with van der Waals surface area (Å²) < 4.78 is 5.19. The van der Waals surface area contributed by atoms with Gasteiger partial charge in [0.1, 0.15) is 5.75 Å². The minimum absolute atomic E-state index is 0.0681. The van der Waals surface area contributed by atoms with Crippen LogP contribution in [-0.4, -0.2) is 69.7 Å². The average molecular weight is 410 g/mol. The first kappa shape index (κ1) is 22.3. The number of carbonyl (C=O) groups excluding carboxylic acids is 1. The lowest BCUT2D eigenvalue weighted by molar-refractivity contribution is -0.122. The third kappa shape index (κ3) is 7.20. The van der Waals surface area contributed by atoms with Crippen molar-refractivity contribution in [2.45, 2.75) is 32.2 Å². The molecule has 1 amide bonds. The number of methoxy groups -OCH3 is 1. The molecular formula is C20H32ClN5O2. The average Bonchev–Trinajstić information content (AvgIpc) is 2.70. The van der Waals surface area contributed by atoms with Gasteiger partial charge < -0.3 is 20.7 Å². The number of ether oxygens (including phenoxy) is 1. The molecule has 1 aliphatic heterocycles. The quantitative estimate of drug-likeness (QED) is 0.449. The molecule has 1 aromatic rings. The first-order valence-corrected chi connectivity index (χ1v) is 10.2. The molecule has 2 rings (SSSR count). The first-order chi connectivity index (χ1) is 13.5. The van der Waals surface area contributed by atoms with Gasteiger partial charge in [0.25, 0.3) is 0 Å². The fraction of sp³-hybridized carbons (Fsp3) is 0.600. The normalized spacial score (nSPS) is 15.9. The second-order valence-corrected chi connectivity index (χ2v) is 7.24. The highest BCUT2D eigenvalue weighted by molar-refractivity contribution is 6.31. The number of hydrogen-bond donors (Lipinski definition) is 3. The lowest BCUT2D eigenvalue weighted by Gasteiger charge is -2.32. The molecule has 0 bridgehead atoms. The number of nitrogens with one attached hydrogen (secondary N) is 3. The van der Waals surface area contributed by atoms with Gasteiger partial charge in [-0.05, 0) is 43.9 Å². The van der Waals surface area contributed by atoms with Crippen molar-refractivity contribution in [3.05, 3.63) is 28.8 Å². The van der Waals surface area contributed by atoms with Crippen molar-refractivity contribution in [3.63, 3.8) is 0 Å². The number of benzene rings is 1. The second-order valence-electron chi connectivity index (χ2n) is 6.84. The Morgan fingerprint density at radius 2 is 2.11 bits per heavy atom. The van der Waals surface area contributed by atoms with Crippen molar-refractivity contribution in [2.75, 3.05) is 46.9 Å². The molecule has 0 aliphatic carbocycles. The summed E-state index contributed by atoms with van der Waals surface area (Å²) in [5.74, 6) is 1.66. The van der Waals surface area contributed by atoms with Crippen LogP contribution in [0.5, 0.6) is 5.75 Å². The van der Waals surface area contributed by atoms with Crippen molar-refractivity contribution in [3.8, 4) is 5.75 Å². The summed E-state index contributed by atoms with van der Waals surface area (Å²) in [6, 6.07) is 6.10. The van der Waals surface area contributed by atoms with Gasteiger partial charge in [-0.2, -0.15) is 0 Å². The Morgan fingerprint density at radius 1 is 1.36 bits per heavy atom. The van der Waals surface area contributed by atoms with E-state index in [0.717, 1.165) is 56.2 Å². The Hall–Kier alpha value is -1.99. The Kier molecular flexibility index (Phi) is 9.37. The van der Waals surface area contributed by atoms with Gasteiger partial charge in [0.15, 0.2) is 5.96 Å². The monoisotopic (exact) mass is 409 g/mol. The third-order valence-corrected chi connectivity index (χ3v) is 5.18. The summed E-state index contributed by atoms with van der Waals surface area (Å²) in [6.07, 6.45) is 2.75. The van der Waals surface area contributed by atoms with Crippen molar-refractivity contribution in [2.24, 2.45) is 4.99 Å². The molecule has 0 atom stereocenters.